The van der Waals surface area contributed by atoms with Crippen molar-refractivity contribution in [1.29, 1.82) is 0 Å². The summed E-state index contributed by atoms with van der Waals surface area (Å²) in [5, 5.41) is 0.551. The van der Waals surface area contributed by atoms with Crippen molar-refractivity contribution >= 4 is 9.24 Å². The minimum Gasteiger partial charge on any atom is -0.131 e. The maximum absolute atomic E-state index is 3.04. The fraction of sp³-hybridized carbons (Fsp3) is 1.00. The molecule has 0 aliphatic heterocycles. The van der Waals surface area contributed by atoms with Gasteiger partial charge in [-0.2, -0.15) is 0 Å². The van der Waals surface area contributed by atoms with Gasteiger partial charge in [-0.25, -0.2) is 0 Å². The third-order valence-corrected chi connectivity index (χ3v) is 3.79. The van der Waals surface area contributed by atoms with E-state index < -0.39 is 0 Å². The fourth-order valence-electron chi connectivity index (χ4n) is 1.33. The van der Waals surface area contributed by atoms with Crippen LogP contribution in [-0.2, 0) is 0 Å². The van der Waals surface area contributed by atoms with Crippen LogP contribution in [0.3, 0.4) is 0 Å². The van der Waals surface area contributed by atoms with Crippen LogP contribution in [0.1, 0.15) is 59.3 Å². The summed E-state index contributed by atoms with van der Waals surface area (Å²) in [7, 11) is 3.04. The van der Waals surface area contributed by atoms with Gasteiger partial charge in [-0.15, -0.1) is 9.24 Å². The van der Waals surface area contributed by atoms with Crippen LogP contribution in [0.25, 0.3) is 0 Å². The molecule has 1 unspecified atom stereocenters. The summed E-state index contributed by atoms with van der Waals surface area (Å²) in [6.45, 7) is 6.85. The molecule has 1 heteroatoms. The lowest BCUT2D eigenvalue weighted by Crippen LogP contribution is -2.17. The van der Waals surface area contributed by atoms with Crippen molar-refractivity contribution < 1.29 is 0 Å². The Hall–Kier alpha value is 0.430. The number of rotatable bonds is 6. The molecule has 0 fully saturated rings. The Morgan fingerprint density at radius 2 is 1.55 bits per heavy atom. The van der Waals surface area contributed by atoms with E-state index in [2.05, 4.69) is 30.0 Å². The molecule has 0 aromatic heterocycles. The van der Waals surface area contributed by atoms with Crippen molar-refractivity contribution in [3.05, 3.63) is 0 Å². The van der Waals surface area contributed by atoms with Gasteiger partial charge in [0.15, 0.2) is 0 Å². The lowest BCUT2D eigenvalue weighted by Gasteiger charge is -2.26. The standard InChI is InChI=1S/C10H23P/c1-4-7-8-9-10(11,5-2)6-3/h4-9,11H2,1-3H3. The molecular weight excluding hydrogens is 151 g/mol. The second-order valence-corrected chi connectivity index (χ2v) is 4.75. The second kappa shape index (κ2) is 6.00. The van der Waals surface area contributed by atoms with Gasteiger partial charge < -0.3 is 0 Å². The first kappa shape index (κ1) is 11.4. The zero-order chi connectivity index (χ0) is 8.74. The highest BCUT2D eigenvalue weighted by molar-refractivity contribution is 7.18. The minimum absolute atomic E-state index is 0.551. The van der Waals surface area contributed by atoms with Gasteiger partial charge in [0.25, 0.3) is 0 Å². The van der Waals surface area contributed by atoms with Crippen molar-refractivity contribution in [3.63, 3.8) is 0 Å². The maximum atomic E-state index is 3.04. The van der Waals surface area contributed by atoms with E-state index in [4.69, 9.17) is 0 Å². The van der Waals surface area contributed by atoms with Crippen LogP contribution >= 0.6 is 9.24 Å². The van der Waals surface area contributed by atoms with Crippen LogP contribution in [0.15, 0.2) is 0 Å². The first-order chi connectivity index (χ1) is 5.18. The van der Waals surface area contributed by atoms with Crippen molar-refractivity contribution in [2.24, 2.45) is 0 Å². The van der Waals surface area contributed by atoms with Crippen LogP contribution < -0.4 is 0 Å². The Morgan fingerprint density at radius 3 is 1.91 bits per heavy atom. The monoisotopic (exact) mass is 174 g/mol. The average molecular weight is 174 g/mol. The van der Waals surface area contributed by atoms with Gasteiger partial charge in [0.2, 0.25) is 0 Å². The summed E-state index contributed by atoms with van der Waals surface area (Å²) < 4.78 is 0. The zero-order valence-corrected chi connectivity index (χ0v) is 9.47. The second-order valence-electron chi connectivity index (χ2n) is 3.53. The maximum Gasteiger partial charge on any atom is -0.0155 e. The van der Waals surface area contributed by atoms with Gasteiger partial charge in [0.1, 0.15) is 0 Å². The molecule has 1 atom stereocenters. The molecule has 0 bridgehead atoms. The number of unbranched alkanes of at least 4 members (excludes halogenated alkanes) is 2. The highest BCUT2D eigenvalue weighted by atomic mass is 31.0. The van der Waals surface area contributed by atoms with E-state index in [0.29, 0.717) is 5.16 Å². The lowest BCUT2D eigenvalue weighted by atomic mass is 9.95. The quantitative estimate of drug-likeness (QED) is 0.421. The first-order valence-corrected chi connectivity index (χ1v) is 5.55. The predicted octanol–water partition coefficient (Wildman–Crippen LogP) is 4.00. The van der Waals surface area contributed by atoms with E-state index in [1.165, 1.54) is 38.5 Å². The first-order valence-electron chi connectivity index (χ1n) is 4.97. The van der Waals surface area contributed by atoms with E-state index in [1.54, 1.807) is 0 Å². The molecule has 0 amide bonds. The summed E-state index contributed by atoms with van der Waals surface area (Å²) >= 11 is 0. The highest BCUT2D eigenvalue weighted by Crippen LogP contribution is 2.32. The molecule has 0 nitrogen and oxygen atoms in total. The van der Waals surface area contributed by atoms with Crippen LogP contribution in [0.4, 0.5) is 0 Å². The van der Waals surface area contributed by atoms with Gasteiger partial charge in [0.05, 0.1) is 0 Å². The summed E-state index contributed by atoms with van der Waals surface area (Å²) in [6.07, 6.45) is 8.14. The Balaban J connectivity index is 3.51. The topological polar surface area (TPSA) is 0 Å². The Labute approximate surface area is 74.4 Å². The molecule has 68 valence electrons. The van der Waals surface area contributed by atoms with Gasteiger partial charge in [0, 0.05) is 0 Å². The molecule has 0 heterocycles. The van der Waals surface area contributed by atoms with Crippen molar-refractivity contribution in [2.45, 2.75) is 64.5 Å². The van der Waals surface area contributed by atoms with E-state index in [1.807, 2.05) is 0 Å². The SMILES string of the molecule is CCCCCC(P)(CC)CC. The zero-order valence-electron chi connectivity index (χ0n) is 8.32. The molecule has 11 heavy (non-hydrogen) atoms. The van der Waals surface area contributed by atoms with Crippen LogP contribution in [0.5, 0.6) is 0 Å². The number of hydrogen-bond acceptors (Lipinski definition) is 0. The summed E-state index contributed by atoms with van der Waals surface area (Å²) in [6, 6.07) is 0. The summed E-state index contributed by atoms with van der Waals surface area (Å²) in [5.41, 5.74) is 0. The third-order valence-electron chi connectivity index (χ3n) is 2.69. The van der Waals surface area contributed by atoms with Gasteiger partial charge in [-0.3, -0.25) is 0 Å². The smallest absolute Gasteiger partial charge is 0.0155 e. The predicted molar refractivity (Wildman–Crippen MR) is 57.2 cm³/mol. The van der Waals surface area contributed by atoms with E-state index in [9.17, 15) is 0 Å². The molecule has 0 radical (unpaired) electrons. The molecule has 0 aromatic rings. The van der Waals surface area contributed by atoms with Crippen LogP contribution in [0.2, 0.25) is 0 Å². The summed E-state index contributed by atoms with van der Waals surface area (Å²) in [4.78, 5) is 0. The molecule has 0 N–H and O–H groups in total. The molecule has 0 aliphatic carbocycles. The molecule has 0 aliphatic rings. The summed E-state index contributed by atoms with van der Waals surface area (Å²) in [5.74, 6) is 0. The molecular formula is C10H23P. The van der Waals surface area contributed by atoms with Crippen LogP contribution in [-0.4, -0.2) is 5.16 Å². The fourth-order valence-corrected chi connectivity index (χ4v) is 1.53. The number of hydrogen-bond donors (Lipinski definition) is 0. The molecule has 0 rings (SSSR count). The van der Waals surface area contributed by atoms with E-state index in [-0.39, 0.29) is 0 Å². The van der Waals surface area contributed by atoms with Crippen molar-refractivity contribution in [3.8, 4) is 0 Å². The average Bonchev–Trinajstić information content (AvgIpc) is 2.05. The van der Waals surface area contributed by atoms with Crippen molar-refractivity contribution in [2.75, 3.05) is 0 Å². The Bertz CT molecular complexity index is 84.9. The molecule has 0 saturated carbocycles. The van der Waals surface area contributed by atoms with Crippen LogP contribution in [0, 0.1) is 0 Å². The molecule has 0 saturated heterocycles. The van der Waals surface area contributed by atoms with E-state index >= 15 is 0 Å². The third kappa shape index (κ3) is 4.80. The highest BCUT2D eigenvalue weighted by Gasteiger charge is 2.18. The Kier molecular flexibility index (Phi) is 6.24. The minimum atomic E-state index is 0.551. The molecule has 0 aromatic carbocycles. The van der Waals surface area contributed by atoms with Crippen molar-refractivity contribution in [1.82, 2.24) is 0 Å². The largest absolute Gasteiger partial charge is 0.131 e. The van der Waals surface area contributed by atoms with Gasteiger partial charge in [-0.05, 0) is 24.4 Å². The van der Waals surface area contributed by atoms with Gasteiger partial charge >= 0.3 is 0 Å². The Morgan fingerprint density at radius 1 is 1.00 bits per heavy atom. The van der Waals surface area contributed by atoms with E-state index in [0.717, 1.165) is 0 Å². The lowest BCUT2D eigenvalue weighted by molar-refractivity contribution is 0.477. The molecule has 0 spiro atoms. The van der Waals surface area contributed by atoms with Gasteiger partial charge in [-0.1, -0.05) is 40.0 Å². The normalized spacial score (nSPS) is 12.0.